The molecule has 0 aliphatic rings. The number of hydrogen-bond donors (Lipinski definition) is 2. The molecule has 3 rings (SSSR count). The summed E-state index contributed by atoms with van der Waals surface area (Å²) in [5.41, 5.74) is 8.59. The molecule has 0 amide bonds. The van der Waals surface area contributed by atoms with Gasteiger partial charge in [0.2, 0.25) is 0 Å². The highest BCUT2D eigenvalue weighted by Gasteiger charge is 2.05. The van der Waals surface area contributed by atoms with Crippen LogP contribution in [0.25, 0.3) is 11.0 Å². The third kappa shape index (κ3) is 2.68. The summed E-state index contributed by atoms with van der Waals surface area (Å²) in [5, 5.41) is 0.866. The van der Waals surface area contributed by atoms with Gasteiger partial charge in [-0.15, -0.1) is 0 Å². The van der Waals surface area contributed by atoms with Gasteiger partial charge in [0, 0.05) is 11.8 Å². The topological polar surface area (TPSA) is 80.5 Å². The number of benzene rings is 1. The van der Waals surface area contributed by atoms with E-state index >= 15 is 0 Å². The van der Waals surface area contributed by atoms with Crippen molar-refractivity contribution in [1.29, 1.82) is 0 Å². The molecule has 2 aromatic heterocycles. The average Bonchev–Trinajstić information content (AvgIpc) is 2.78. The molecule has 1 aromatic carbocycles. The van der Waals surface area contributed by atoms with Gasteiger partial charge in [0.15, 0.2) is 5.16 Å². The second-order valence-corrected chi connectivity index (χ2v) is 5.16. The first kappa shape index (κ1) is 12.0. The number of imidazole rings is 1. The average molecular weight is 271 g/mol. The third-order valence-electron chi connectivity index (χ3n) is 2.63. The van der Waals surface area contributed by atoms with Crippen LogP contribution in [0.5, 0.6) is 0 Å². The number of aromatic nitrogens is 4. The molecule has 0 spiro atoms. The van der Waals surface area contributed by atoms with Gasteiger partial charge in [-0.3, -0.25) is 0 Å². The van der Waals surface area contributed by atoms with Crippen LogP contribution in [0.15, 0.2) is 35.5 Å². The van der Waals surface area contributed by atoms with Crippen molar-refractivity contribution in [3.63, 3.8) is 0 Å². The fourth-order valence-corrected chi connectivity index (χ4v) is 2.59. The van der Waals surface area contributed by atoms with Crippen molar-refractivity contribution < 1.29 is 0 Å². The zero-order chi connectivity index (χ0) is 13.2. The lowest BCUT2D eigenvalue weighted by Gasteiger charge is -2.01. The SMILES string of the molecule is Cc1cc(N)nc(CSc2nc3ccccc3[nH]2)n1. The number of rotatable bonds is 3. The third-order valence-corrected chi connectivity index (χ3v) is 3.50. The summed E-state index contributed by atoms with van der Waals surface area (Å²) in [7, 11) is 0. The molecule has 0 fully saturated rings. The van der Waals surface area contributed by atoms with Gasteiger partial charge < -0.3 is 10.7 Å². The molecule has 6 heteroatoms. The number of nitrogens with zero attached hydrogens (tertiary/aromatic N) is 3. The van der Waals surface area contributed by atoms with Gasteiger partial charge in [-0.25, -0.2) is 15.0 Å². The lowest BCUT2D eigenvalue weighted by atomic mass is 10.3. The Morgan fingerprint density at radius 2 is 2.05 bits per heavy atom. The summed E-state index contributed by atoms with van der Waals surface area (Å²) in [6, 6.07) is 9.71. The lowest BCUT2D eigenvalue weighted by molar-refractivity contribution is 0.994. The quantitative estimate of drug-likeness (QED) is 0.715. The zero-order valence-electron chi connectivity index (χ0n) is 10.4. The minimum absolute atomic E-state index is 0.507. The number of para-hydroxylation sites is 2. The Morgan fingerprint density at radius 3 is 2.84 bits per heavy atom. The monoisotopic (exact) mass is 271 g/mol. The molecule has 5 nitrogen and oxygen atoms in total. The molecule has 3 N–H and O–H groups in total. The van der Waals surface area contributed by atoms with Crippen molar-refractivity contribution in [3.05, 3.63) is 41.9 Å². The Kier molecular flexibility index (Phi) is 3.08. The van der Waals surface area contributed by atoms with Crippen molar-refractivity contribution >= 4 is 28.6 Å². The highest BCUT2D eigenvalue weighted by atomic mass is 32.2. The number of nitrogens with two attached hydrogens (primary N) is 1. The van der Waals surface area contributed by atoms with Crippen LogP contribution in [-0.4, -0.2) is 19.9 Å². The molecule has 0 saturated carbocycles. The van der Waals surface area contributed by atoms with Crippen molar-refractivity contribution in [3.8, 4) is 0 Å². The van der Waals surface area contributed by atoms with E-state index in [1.54, 1.807) is 17.8 Å². The Labute approximate surface area is 114 Å². The van der Waals surface area contributed by atoms with Crippen molar-refractivity contribution in [1.82, 2.24) is 19.9 Å². The maximum atomic E-state index is 5.71. The van der Waals surface area contributed by atoms with E-state index in [2.05, 4.69) is 19.9 Å². The van der Waals surface area contributed by atoms with Crippen LogP contribution < -0.4 is 5.73 Å². The van der Waals surface area contributed by atoms with Gasteiger partial charge in [0.25, 0.3) is 0 Å². The van der Waals surface area contributed by atoms with E-state index in [9.17, 15) is 0 Å². The first-order valence-corrected chi connectivity index (χ1v) is 6.87. The first-order valence-electron chi connectivity index (χ1n) is 5.88. The molecular weight excluding hydrogens is 258 g/mol. The second kappa shape index (κ2) is 4.89. The normalized spacial score (nSPS) is 11.0. The standard InChI is InChI=1S/C13H13N5S/c1-8-6-11(14)18-12(15-8)7-19-13-16-9-4-2-3-5-10(9)17-13/h2-6H,7H2,1H3,(H,16,17)(H2,14,15,18). The molecule has 0 aliphatic carbocycles. The molecule has 0 atom stereocenters. The van der Waals surface area contributed by atoms with Crippen molar-refractivity contribution in [2.45, 2.75) is 17.8 Å². The number of H-pyrrole nitrogens is 1. The Bertz CT molecular complexity index is 669. The van der Waals surface area contributed by atoms with E-state index in [0.717, 1.165) is 27.7 Å². The molecular formula is C13H13N5S. The Balaban J connectivity index is 1.78. The van der Waals surface area contributed by atoms with Crippen LogP contribution in [0.2, 0.25) is 0 Å². The molecule has 3 aromatic rings. The molecule has 0 radical (unpaired) electrons. The van der Waals surface area contributed by atoms with Gasteiger partial charge in [-0.2, -0.15) is 0 Å². The van der Waals surface area contributed by atoms with Crippen molar-refractivity contribution in [2.24, 2.45) is 0 Å². The number of fused-ring (bicyclic) bond motifs is 1. The van der Waals surface area contributed by atoms with E-state index in [1.807, 2.05) is 31.2 Å². The zero-order valence-corrected chi connectivity index (χ0v) is 11.2. The van der Waals surface area contributed by atoms with Crippen molar-refractivity contribution in [2.75, 3.05) is 5.73 Å². The summed E-state index contributed by atoms with van der Waals surface area (Å²) < 4.78 is 0. The maximum Gasteiger partial charge on any atom is 0.166 e. The van der Waals surface area contributed by atoms with E-state index in [4.69, 9.17) is 5.73 Å². The molecule has 19 heavy (non-hydrogen) atoms. The fourth-order valence-electron chi connectivity index (χ4n) is 1.85. The molecule has 0 bridgehead atoms. The largest absolute Gasteiger partial charge is 0.384 e. The number of aromatic amines is 1. The number of nitrogens with one attached hydrogen (secondary N) is 1. The Morgan fingerprint density at radius 1 is 1.21 bits per heavy atom. The highest BCUT2D eigenvalue weighted by molar-refractivity contribution is 7.98. The molecule has 0 aliphatic heterocycles. The summed E-state index contributed by atoms with van der Waals surface area (Å²) in [6.45, 7) is 1.91. The minimum atomic E-state index is 0.507. The minimum Gasteiger partial charge on any atom is -0.384 e. The van der Waals surface area contributed by atoms with Crippen LogP contribution in [0.1, 0.15) is 11.5 Å². The number of anilines is 1. The number of hydrogen-bond acceptors (Lipinski definition) is 5. The van der Waals surface area contributed by atoms with Crippen LogP contribution >= 0.6 is 11.8 Å². The number of nitrogen functional groups attached to an aromatic ring is 1. The summed E-state index contributed by atoms with van der Waals surface area (Å²) in [4.78, 5) is 16.3. The van der Waals surface area contributed by atoms with Gasteiger partial charge in [0.1, 0.15) is 11.6 Å². The predicted molar refractivity (Wildman–Crippen MR) is 76.8 cm³/mol. The van der Waals surface area contributed by atoms with Gasteiger partial charge in [-0.05, 0) is 19.1 Å². The van der Waals surface area contributed by atoms with E-state index < -0.39 is 0 Å². The molecule has 2 heterocycles. The van der Waals surface area contributed by atoms with E-state index in [1.165, 1.54) is 0 Å². The second-order valence-electron chi connectivity index (χ2n) is 4.20. The van der Waals surface area contributed by atoms with Crippen LogP contribution in [0, 0.1) is 6.92 Å². The van der Waals surface area contributed by atoms with Crippen LogP contribution in [-0.2, 0) is 5.75 Å². The fraction of sp³-hybridized carbons (Fsp3) is 0.154. The van der Waals surface area contributed by atoms with Crippen LogP contribution in [0.4, 0.5) is 5.82 Å². The van der Waals surface area contributed by atoms with E-state index in [0.29, 0.717) is 11.6 Å². The molecule has 96 valence electrons. The first-order chi connectivity index (χ1) is 9.20. The smallest absolute Gasteiger partial charge is 0.166 e. The summed E-state index contributed by atoms with van der Waals surface area (Å²) in [6.07, 6.45) is 0. The van der Waals surface area contributed by atoms with Gasteiger partial charge in [0.05, 0.1) is 16.8 Å². The van der Waals surface area contributed by atoms with Gasteiger partial charge >= 0.3 is 0 Å². The highest BCUT2D eigenvalue weighted by Crippen LogP contribution is 2.22. The molecule has 0 saturated heterocycles. The lowest BCUT2D eigenvalue weighted by Crippen LogP contribution is -1.99. The summed E-state index contributed by atoms with van der Waals surface area (Å²) >= 11 is 1.57. The van der Waals surface area contributed by atoms with Gasteiger partial charge in [-0.1, -0.05) is 23.9 Å². The molecule has 0 unspecified atom stereocenters. The predicted octanol–water partition coefficient (Wildman–Crippen LogP) is 2.54. The van der Waals surface area contributed by atoms with Crippen LogP contribution in [0.3, 0.4) is 0 Å². The van der Waals surface area contributed by atoms with E-state index in [-0.39, 0.29) is 0 Å². The number of thioether (sulfide) groups is 1. The number of aryl methyl sites for hydroxylation is 1. The maximum absolute atomic E-state index is 5.71. The summed E-state index contributed by atoms with van der Waals surface area (Å²) in [5.74, 6) is 1.88. The Hall–Kier alpha value is -2.08.